The van der Waals surface area contributed by atoms with E-state index in [1.165, 1.54) is 13.8 Å². The molecule has 0 amide bonds. The van der Waals surface area contributed by atoms with Crippen molar-refractivity contribution in [3.05, 3.63) is 11.6 Å². The van der Waals surface area contributed by atoms with Gasteiger partial charge in [-0.1, -0.05) is 22.0 Å². The van der Waals surface area contributed by atoms with Gasteiger partial charge in [-0.2, -0.15) is 0 Å². The van der Waals surface area contributed by atoms with Gasteiger partial charge >= 0.3 is 11.9 Å². The van der Waals surface area contributed by atoms with Crippen LogP contribution in [0.3, 0.4) is 0 Å². The minimum atomic E-state index is -0.691. The van der Waals surface area contributed by atoms with Crippen molar-refractivity contribution >= 4 is 33.7 Å². The number of ether oxygens (including phenoxy) is 2. The zero-order valence-electron chi connectivity index (χ0n) is 15.8. The highest BCUT2D eigenvalue weighted by Gasteiger charge is 2.44. The van der Waals surface area contributed by atoms with E-state index in [0.29, 0.717) is 13.0 Å². The van der Waals surface area contributed by atoms with Crippen LogP contribution in [0.15, 0.2) is 11.6 Å². The number of carbonyl (C=O) groups is 3. The van der Waals surface area contributed by atoms with Crippen molar-refractivity contribution in [2.45, 2.75) is 64.6 Å². The summed E-state index contributed by atoms with van der Waals surface area (Å²) in [7, 11) is 0. The molecule has 0 fully saturated rings. The smallest absolute Gasteiger partial charge is 0.302 e. The Kier molecular flexibility index (Phi) is 7.85. The number of hydrogen-bond acceptors (Lipinski definition) is 5. The van der Waals surface area contributed by atoms with Gasteiger partial charge in [-0.15, -0.1) is 0 Å². The molecule has 0 bridgehead atoms. The van der Waals surface area contributed by atoms with Gasteiger partial charge in [-0.25, -0.2) is 0 Å². The van der Waals surface area contributed by atoms with Crippen LogP contribution in [0, 0.1) is 11.3 Å². The number of ketones is 1. The Hall–Kier alpha value is -1.17. The van der Waals surface area contributed by atoms with E-state index in [-0.39, 0.29) is 34.6 Å². The first-order chi connectivity index (χ1) is 11.5. The molecule has 0 aliphatic heterocycles. The summed E-state index contributed by atoms with van der Waals surface area (Å²) in [5.74, 6) is -0.489. The molecule has 0 N–H and O–H groups in total. The maximum Gasteiger partial charge on any atom is 0.302 e. The summed E-state index contributed by atoms with van der Waals surface area (Å²) in [5, 5.41) is 0. The number of allylic oxidation sites excluding steroid dienone is 2. The van der Waals surface area contributed by atoms with E-state index in [1.807, 2.05) is 19.9 Å². The Labute approximate surface area is 158 Å². The lowest BCUT2D eigenvalue weighted by Crippen LogP contribution is -2.43. The Morgan fingerprint density at radius 3 is 2.44 bits per heavy atom. The molecule has 0 aromatic rings. The molecular formula is C19H29BrO5. The number of halogens is 1. The van der Waals surface area contributed by atoms with Crippen molar-refractivity contribution in [2.24, 2.45) is 11.3 Å². The number of esters is 2. The number of carbonyl (C=O) groups excluding carboxylic acids is 3. The summed E-state index contributed by atoms with van der Waals surface area (Å²) in [6.07, 6.45) is 5.11. The molecule has 6 heteroatoms. The first-order valence-electron chi connectivity index (χ1n) is 8.65. The normalized spacial score (nSPS) is 25.8. The average molecular weight is 417 g/mol. The molecule has 1 rings (SSSR count). The van der Waals surface area contributed by atoms with E-state index < -0.39 is 5.41 Å². The minimum Gasteiger partial charge on any atom is -0.466 e. The van der Waals surface area contributed by atoms with E-state index in [9.17, 15) is 14.4 Å². The van der Waals surface area contributed by atoms with Crippen LogP contribution >= 0.6 is 15.9 Å². The van der Waals surface area contributed by atoms with Gasteiger partial charge in [0.2, 0.25) is 0 Å². The zero-order chi connectivity index (χ0) is 19.3. The molecule has 0 saturated heterocycles. The Balaban J connectivity index is 2.74. The van der Waals surface area contributed by atoms with Gasteiger partial charge in [0, 0.05) is 18.2 Å². The van der Waals surface area contributed by atoms with Gasteiger partial charge < -0.3 is 9.47 Å². The molecule has 25 heavy (non-hydrogen) atoms. The molecule has 5 nitrogen and oxygen atoms in total. The lowest BCUT2D eigenvalue weighted by atomic mass is 9.65. The van der Waals surface area contributed by atoms with Gasteiger partial charge in [0.05, 0.1) is 12.0 Å². The molecule has 3 atom stereocenters. The van der Waals surface area contributed by atoms with Crippen LogP contribution < -0.4 is 0 Å². The number of hydrogen-bond donors (Lipinski definition) is 0. The van der Waals surface area contributed by atoms with E-state index in [0.717, 1.165) is 24.8 Å². The van der Waals surface area contributed by atoms with Gasteiger partial charge in [-0.05, 0) is 57.9 Å². The fraction of sp³-hybridized carbons (Fsp3) is 0.737. The summed E-state index contributed by atoms with van der Waals surface area (Å²) in [6.45, 7) is 9.01. The fourth-order valence-electron chi connectivity index (χ4n) is 3.19. The quantitative estimate of drug-likeness (QED) is 0.442. The molecule has 1 unspecified atom stereocenters. The first-order valence-corrected chi connectivity index (χ1v) is 9.44. The van der Waals surface area contributed by atoms with E-state index in [1.54, 1.807) is 0 Å². The number of rotatable bonds is 8. The second-order valence-electron chi connectivity index (χ2n) is 7.39. The third-order valence-corrected chi connectivity index (χ3v) is 5.80. The molecule has 1 aliphatic rings. The van der Waals surface area contributed by atoms with Crippen molar-refractivity contribution < 1.29 is 23.9 Å². The molecule has 0 saturated carbocycles. The zero-order valence-corrected chi connectivity index (χ0v) is 17.4. The molecule has 1 aliphatic carbocycles. The van der Waals surface area contributed by atoms with Crippen LogP contribution in [0.5, 0.6) is 0 Å². The topological polar surface area (TPSA) is 69.7 Å². The Morgan fingerprint density at radius 1 is 1.28 bits per heavy atom. The summed E-state index contributed by atoms with van der Waals surface area (Å²) in [5.41, 5.74) is 0.0473. The summed E-state index contributed by atoms with van der Waals surface area (Å²) in [6, 6.07) is 0. The maximum atomic E-state index is 12.7. The summed E-state index contributed by atoms with van der Waals surface area (Å²) < 4.78 is 10.0. The number of Topliss-reactive ketones (excluding diaryl/α,β-unsaturated/α-hetero) is 1. The number of alkyl halides is 1. The lowest BCUT2D eigenvalue weighted by Gasteiger charge is -2.39. The predicted molar refractivity (Wildman–Crippen MR) is 99.4 cm³/mol. The van der Waals surface area contributed by atoms with E-state index in [2.05, 4.69) is 22.9 Å². The molecule has 0 radical (unpaired) electrons. The van der Waals surface area contributed by atoms with E-state index in [4.69, 9.17) is 9.47 Å². The van der Waals surface area contributed by atoms with Crippen molar-refractivity contribution in [3.8, 4) is 0 Å². The summed E-state index contributed by atoms with van der Waals surface area (Å²) in [4.78, 5) is 34.8. The van der Waals surface area contributed by atoms with Crippen LogP contribution in [0.25, 0.3) is 0 Å². The Morgan fingerprint density at radius 2 is 1.88 bits per heavy atom. The van der Waals surface area contributed by atoms with Crippen molar-refractivity contribution in [2.75, 3.05) is 13.2 Å². The van der Waals surface area contributed by atoms with Crippen molar-refractivity contribution in [3.63, 3.8) is 0 Å². The van der Waals surface area contributed by atoms with Gasteiger partial charge in [0.25, 0.3) is 0 Å². The third kappa shape index (κ3) is 6.57. The van der Waals surface area contributed by atoms with Crippen LogP contribution in [0.2, 0.25) is 0 Å². The highest BCUT2D eigenvalue weighted by molar-refractivity contribution is 9.10. The molecular weight excluding hydrogens is 388 g/mol. The Bertz CT molecular complexity index is 552. The highest BCUT2D eigenvalue weighted by atomic mass is 79.9. The second-order valence-corrected chi connectivity index (χ2v) is 9.30. The van der Waals surface area contributed by atoms with Crippen LogP contribution in [-0.2, 0) is 23.9 Å². The van der Waals surface area contributed by atoms with Crippen LogP contribution in [-0.4, -0.2) is 35.3 Å². The first kappa shape index (κ1) is 21.9. The van der Waals surface area contributed by atoms with Crippen molar-refractivity contribution in [1.82, 2.24) is 0 Å². The monoisotopic (exact) mass is 416 g/mol. The third-order valence-electron chi connectivity index (χ3n) is 5.00. The van der Waals surface area contributed by atoms with Crippen LogP contribution in [0.4, 0.5) is 0 Å². The van der Waals surface area contributed by atoms with Gasteiger partial charge in [0.1, 0.15) is 6.61 Å². The summed E-state index contributed by atoms with van der Waals surface area (Å²) >= 11 is 3.71. The maximum absolute atomic E-state index is 12.7. The fourth-order valence-corrected chi connectivity index (χ4v) is 3.58. The lowest BCUT2D eigenvalue weighted by molar-refractivity contribution is -0.149. The van der Waals surface area contributed by atoms with Gasteiger partial charge in [-0.3, -0.25) is 14.4 Å². The molecule has 0 spiro atoms. The van der Waals surface area contributed by atoms with Crippen LogP contribution in [0.1, 0.15) is 60.3 Å². The van der Waals surface area contributed by atoms with Gasteiger partial charge in [0.15, 0.2) is 5.78 Å². The second kappa shape index (κ2) is 8.97. The standard InChI is InChI=1S/C19H29BrO5/c1-13-6-7-16(19(5,17(13)23)12-25-15(3)22)8-9-18(4,20)10-11-24-14(2)21/h6,16H,7-12H2,1-5H3/t16-,18?,19+/m1/s1. The molecule has 0 heterocycles. The van der Waals surface area contributed by atoms with E-state index >= 15 is 0 Å². The highest BCUT2D eigenvalue weighted by Crippen LogP contribution is 2.43. The SMILES string of the molecule is CC(=O)OCCC(C)(Br)CC[C@H]1CC=C(C)C(=O)[C@@]1(C)COC(C)=O. The molecule has 142 valence electrons. The minimum absolute atomic E-state index is 0.0567. The van der Waals surface area contributed by atoms with Crippen molar-refractivity contribution in [1.29, 1.82) is 0 Å². The molecule has 0 aromatic carbocycles. The largest absolute Gasteiger partial charge is 0.466 e. The predicted octanol–water partition coefficient (Wildman–Crippen LogP) is 3.98. The molecule has 0 aromatic heterocycles. The average Bonchev–Trinajstić information content (AvgIpc) is 2.49.